The first kappa shape index (κ1) is 14.3. The minimum absolute atomic E-state index is 0.0189. The lowest BCUT2D eigenvalue weighted by molar-refractivity contribution is 0.0697. The molecule has 8 heteroatoms. The number of carboxylic acid groups (broad SMARTS) is 1. The fourth-order valence-electron chi connectivity index (χ4n) is 2.03. The highest BCUT2D eigenvalue weighted by atomic mass is 32.1. The number of aromatic nitrogens is 2. The molecule has 0 bridgehead atoms. The Morgan fingerprint density at radius 1 is 1.32 bits per heavy atom. The summed E-state index contributed by atoms with van der Waals surface area (Å²) in [6.07, 6.45) is 0. The van der Waals surface area contributed by atoms with Gasteiger partial charge in [-0.15, -0.1) is 5.10 Å². The van der Waals surface area contributed by atoms with Crippen molar-refractivity contribution >= 4 is 39.1 Å². The number of nitrogens with zero attached hydrogens (tertiary/aromatic N) is 2. The number of fused-ring (bicyclic) bond motifs is 1. The van der Waals surface area contributed by atoms with E-state index in [0.717, 1.165) is 11.5 Å². The number of nitrogens with one attached hydrogen (secondary N) is 1. The van der Waals surface area contributed by atoms with Crippen LogP contribution in [0.5, 0.6) is 0 Å². The van der Waals surface area contributed by atoms with Gasteiger partial charge in [-0.25, -0.2) is 13.6 Å². The van der Waals surface area contributed by atoms with Crippen LogP contribution < -0.4 is 5.32 Å². The van der Waals surface area contributed by atoms with E-state index in [1.165, 1.54) is 18.2 Å². The summed E-state index contributed by atoms with van der Waals surface area (Å²) in [7, 11) is 0. The molecule has 1 heterocycles. The van der Waals surface area contributed by atoms with Crippen LogP contribution in [0, 0.1) is 18.6 Å². The molecule has 3 aromatic rings. The fraction of sp³-hybridized carbons (Fsp3) is 0.0714. The maximum Gasteiger partial charge on any atom is 0.337 e. The van der Waals surface area contributed by atoms with Crippen LogP contribution in [0.1, 0.15) is 15.9 Å². The lowest BCUT2D eigenvalue weighted by Gasteiger charge is -2.12. The van der Waals surface area contributed by atoms with Crippen molar-refractivity contribution in [1.82, 2.24) is 9.59 Å². The van der Waals surface area contributed by atoms with Crippen LogP contribution in [0.3, 0.4) is 0 Å². The van der Waals surface area contributed by atoms with E-state index < -0.39 is 17.6 Å². The molecule has 0 atom stereocenters. The molecule has 0 aliphatic carbocycles. The van der Waals surface area contributed by atoms with E-state index in [0.29, 0.717) is 10.3 Å². The van der Waals surface area contributed by atoms with Crippen molar-refractivity contribution in [2.24, 2.45) is 0 Å². The topological polar surface area (TPSA) is 75.1 Å². The van der Waals surface area contributed by atoms with Crippen molar-refractivity contribution in [1.29, 1.82) is 0 Å². The molecule has 0 fully saturated rings. The van der Waals surface area contributed by atoms with Crippen molar-refractivity contribution in [2.45, 2.75) is 6.92 Å². The van der Waals surface area contributed by atoms with Gasteiger partial charge in [0.15, 0.2) is 5.82 Å². The number of hydrogen-bond donors (Lipinski definition) is 2. The first-order valence-electron chi connectivity index (χ1n) is 6.18. The van der Waals surface area contributed by atoms with Crippen molar-refractivity contribution in [3.8, 4) is 0 Å². The van der Waals surface area contributed by atoms with Gasteiger partial charge in [0.1, 0.15) is 11.3 Å². The minimum atomic E-state index is -1.33. The van der Waals surface area contributed by atoms with Gasteiger partial charge in [0, 0.05) is 0 Å². The Labute approximate surface area is 127 Å². The van der Waals surface area contributed by atoms with Crippen LogP contribution in [0.4, 0.5) is 20.2 Å². The second-order valence-corrected chi connectivity index (χ2v) is 5.43. The van der Waals surface area contributed by atoms with Crippen LogP contribution in [0.2, 0.25) is 0 Å². The number of hydrogen-bond acceptors (Lipinski definition) is 5. The molecule has 2 aromatic carbocycles. The predicted molar refractivity (Wildman–Crippen MR) is 78.8 cm³/mol. The van der Waals surface area contributed by atoms with E-state index >= 15 is 0 Å². The molecule has 3 rings (SSSR count). The summed E-state index contributed by atoms with van der Waals surface area (Å²) in [5, 5.41) is 15.4. The lowest BCUT2D eigenvalue weighted by atomic mass is 10.1. The molecule has 22 heavy (non-hydrogen) atoms. The van der Waals surface area contributed by atoms with Crippen molar-refractivity contribution in [3.05, 3.63) is 47.0 Å². The second kappa shape index (κ2) is 5.30. The third-order valence-electron chi connectivity index (χ3n) is 3.10. The van der Waals surface area contributed by atoms with E-state index in [-0.39, 0.29) is 22.5 Å². The molecule has 5 nitrogen and oxygen atoms in total. The highest BCUT2D eigenvalue weighted by Crippen LogP contribution is 2.32. The molecule has 2 N–H and O–H groups in total. The van der Waals surface area contributed by atoms with E-state index in [1.807, 2.05) is 0 Å². The van der Waals surface area contributed by atoms with Crippen molar-refractivity contribution < 1.29 is 18.7 Å². The van der Waals surface area contributed by atoms with Gasteiger partial charge in [-0.1, -0.05) is 10.6 Å². The van der Waals surface area contributed by atoms with Crippen LogP contribution in [-0.4, -0.2) is 20.7 Å². The molecule has 0 aliphatic rings. The van der Waals surface area contributed by atoms with Gasteiger partial charge in [-0.2, -0.15) is 0 Å². The molecule has 112 valence electrons. The summed E-state index contributed by atoms with van der Waals surface area (Å²) < 4.78 is 32.3. The summed E-state index contributed by atoms with van der Waals surface area (Å²) in [4.78, 5) is 11.3. The van der Waals surface area contributed by atoms with Crippen molar-refractivity contribution in [2.75, 3.05) is 5.32 Å². The molecule has 0 amide bonds. The normalized spacial score (nSPS) is 10.9. The number of anilines is 2. The number of carbonyl (C=O) groups is 1. The maximum atomic E-state index is 14.5. The Bertz CT molecular complexity index is 895. The Kier molecular flexibility index (Phi) is 3.45. The minimum Gasteiger partial charge on any atom is -0.478 e. The zero-order valence-corrected chi connectivity index (χ0v) is 12.0. The summed E-state index contributed by atoms with van der Waals surface area (Å²) in [5.74, 6) is -2.81. The quantitative estimate of drug-likeness (QED) is 0.769. The molecular formula is C14H9F2N3O2S. The fourth-order valence-corrected chi connectivity index (χ4v) is 2.63. The molecular weight excluding hydrogens is 312 g/mol. The first-order valence-corrected chi connectivity index (χ1v) is 6.95. The number of halogens is 2. The zero-order valence-electron chi connectivity index (χ0n) is 11.2. The summed E-state index contributed by atoms with van der Waals surface area (Å²) >= 11 is 0.887. The molecule has 0 aliphatic heterocycles. The van der Waals surface area contributed by atoms with E-state index in [1.54, 1.807) is 13.0 Å². The highest BCUT2D eigenvalue weighted by molar-refractivity contribution is 7.13. The van der Waals surface area contributed by atoms with Gasteiger partial charge < -0.3 is 10.4 Å². The Hall–Kier alpha value is -2.61. The lowest BCUT2D eigenvalue weighted by Crippen LogP contribution is -2.06. The summed E-state index contributed by atoms with van der Waals surface area (Å²) in [5.41, 5.74) is -0.0211. The largest absolute Gasteiger partial charge is 0.478 e. The van der Waals surface area contributed by atoms with Gasteiger partial charge in [-0.05, 0) is 42.2 Å². The number of aryl methyl sites for hydroxylation is 1. The van der Waals surface area contributed by atoms with Crippen molar-refractivity contribution in [3.63, 3.8) is 0 Å². The third kappa shape index (κ3) is 2.37. The third-order valence-corrected chi connectivity index (χ3v) is 3.77. The van der Waals surface area contributed by atoms with Gasteiger partial charge in [0.25, 0.3) is 0 Å². The zero-order chi connectivity index (χ0) is 15.9. The first-order chi connectivity index (χ1) is 10.5. The van der Waals surface area contributed by atoms with Crippen LogP contribution in [-0.2, 0) is 0 Å². The average molecular weight is 321 g/mol. The summed E-state index contributed by atoms with van der Waals surface area (Å²) in [6, 6.07) is 5.58. The molecule has 0 saturated carbocycles. The molecule has 0 unspecified atom stereocenters. The molecule has 0 saturated heterocycles. The van der Waals surface area contributed by atoms with Crippen LogP contribution in [0.25, 0.3) is 10.2 Å². The Morgan fingerprint density at radius 3 is 2.77 bits per heavy atom. The monoisotopic (exact) mass is 321 g/mol. The summed E-state index contributed by atoms with van der Waals surface area (Å²) in [6.45, 7) is 1.71. The number of benzene rings is 2. The SMILES string of the molecule is Cc1ccc(Nc2c(C(=O)O)cc3snnc3c2F)c(F)c1. The molecule has 0 radical (unpaired) electrons. The smallest absolute Gasteiger partial charge is 0.337 e. The second-order valence-electron chi connectivity index (χ2n) is 4.65. The Balaban J connectivity index is 2.18. The van der Waals surface area contributed by atoms with E-state index in [2.05, 4.69) is 14.9 Å². The maximum absolute atomic E-state index is 14.5. The van der Waals surface area contributed by atoms with Gasteiger partial charge in [-0.3, -0.25) is 0 Å². The van der Waals surface area contributed by atoms with Gasteiger partial charge in [0.05, 0.1) is 21.6 Å². The standard InChI is InChI=1S/C14H9F2N3O2S/c1-6-2-3-9(8(15)4-6)17-12-7(14(20)21)5-10-13(11(12)16)18-19-22-10/h2-5,17H,1H3,(H,20,21). The average Bonchev–Trinajstić information content (AvgIpc) is 2.92. The molecule has 0 spiro atoms. The van der Waals surface area contributed by atoms with E-state index in [4.69, 9.17) is 0 Å². The van der Waals surface area contributed by atoms with E-state index in [9.17, 15) is 18.7 Å². The van der Waals surface area contributed by atoms with Crippen LogP contribution in [0.15, 0.2) is 24.3 Å². The Morgan fingerprint density at radius 2 is 2.09 bits per heavy atom. The van der Waals surface area contributed by atoms with Gasteiger partial charge >= 0.3 is 5.97 Å². The number of carboxylic acids is 1. The molecule has 1 aromatic heterocycles. The van der Waals surface area contributed by atoms with Crippen LogP contribution >= 0.6 is 11.5 Å². The number of aromatic carboxylic acids is 1. The predicted octanol–water partition coefficient (Wildman–Crippen LogP) is 3.72. The van der Waals surface area contributed by atoms with Gasteiger partial charge in [0.2, 0.25) is 0 Å². The highest BCUT2D eigenvalue weighted by Gasteiger charge is 2.21. The number of rotatable bonds is 3.